The predicted octanol–water partition coefficient (Wildman–Crippen LogP) is 14.2. The first-order chi connectivity index (χ1) is 28.9. The Morgan fingerprint density at radius 2 is 0.661 bits per heavy atom. The molecule has 8 aromatic carbocycles. The van der Waals surface area contributed by atoms with Crippen LogP contribution in [0.3, 0.4) is 0 Å². The Balaban J connectivity index is 1.06. The lowest BCUT2D eigenvalue weighted by molar-refractivity contribution is 0.0389. The molecule has 0 saturated heterocycles. The van der Waals surface area contributed by atoms with Crippen molar-refractivity contribution in [2.45, 2.75) is 123 Å². The second-order valence-electron chi connectivity index (χ2n) is 17.3. The summed E-state index contributed by atoms with van der Waals surface area (Å²) >= 11 is 0. The summed E-state index contributed by atoms with van der Waals surface area (Å²) < 4.78 is 5.08. The van der Waals surface area contributed by atoms with Crippen LogP contribution in [0, 0.1) is 0 Å². The zero-order chi connectivity index (χ0) is 40.4. The molecule has 0 atom stereocenters. The van der Waals surface area contributed by atoms with Gasteiger partial charge in [0.15, 0.2) is 0 Å². The second-order valence-corrected chi connectivity index (χ2v) is 17.3. The number of hydrogen-bond donors (Lipinski definition) is 0. The third-order valence-electron chi connectivity index (χ3n) is 13.8. The van der Waals surface area contributed by atoms with E-state index in [9.17, 15) is 19.2 Å². The van der Waals surface area contributed by atoms with E-state index in [0.29, 0.717) is 27.6 Å². The average molecular weight is 782 g/mol. The number of unbranched alkanes of at least 4 members (excludes halogenated alkanes) is 12. The molecule has 298 valence electrons. The van der Waals surface area contributed by atoms with Crippen LogP contribution < -0.4 is 0 Å². The number of amides is 2. The predicted molar refractivity (Wildman–Crippen MR) is 241 cm³/mol. The molecule has 10 rings (SSSR count). The van der Waals surface area contributed by atoms with Crippen LogP contribution in [0.25, 0.3) is 75.4 Å². The fraction of sp³-hybridized carbons (Fsp3) is 0.358. The standard InChI is InChI=1S/C53H51NO5/c1-3-5-7-9-11-13-15-17-31(18-16-14-12-10-8-6-4-2)54-50(55)40-27-23-36-32-19-21-34-38-25-29-42-49-43(53(58)59-52(42)57)30-26-39(47(38)49)35-22-20-33(44(32)45(34)35)37-24-28-41(51(54)56)48(40)46(36)37/h19-31H,3-18H2,1-2H3. The molecule has 2 heterocycles. The SMILES string of the molecule is CCCCCCCCCC(CCCCCCCCC)N1C(=O)c2ccc3c4ccc5c6ccc7c8c(ccc(c9ccc(c%10ccc(c2c3%10)C1=O)c4c59)c86)C(=O)OC7=O. The van der Waals surface area contributed by atoms with Gasteiger partial charge in [-0.15, -0.1) is 0 Å². The Bertz CT molecular complexity index is 2810. The van der Waals surface area contributed by atoms with Gasteiger partial charge in [-0.3, -0.25) is 14.5 Å². The molecule has 0 fully saturated rings. The van der Waals surface area contributed by atoms with E-state index in [0.717, 1.165) is 109 Å². The van der Waals surface area contributed by atoms with Crippen LogP contribution in [0.15, 0.2) is 72.8 Å². The number of imide groups is 1. The van der Waals surface area contributed by atoms with Crippen LogP contribution in [0.4, 0.5) is 0 Å². The number of carbonyl (C=O) groups is 4. The molecule has 2 aliphatic heterocycles. The van der Waals surface area contributed by atoms with Crippen LogP contribution in [-0.4, -0.2) is 34.7 Å². The normalized spacial score (nSPS) is 14.4. The van der Waals surface area contributed by atoms with Crippen LogP contribution in [0.2, 0.25) is 0 Å². The maximum atomic E-state index is 14.7. The van der Waals surface area contributed by atoms with E-state index < -0.39 is 11.9 Å². The smallest absolute Gasteiger partial charge is 0.346 e. The van der Waals surface area contributed by atoms with E-state index in [1.807, 2.05) is 24.3 Å². The first-order valence-electron chi connectivity index (χ1n) is 22.4. The number of fused-ring (bicyclic) bond motifs is 4. The molecule has 6 heteroatoms. The van der Waals surface area contributed by atoms with Crippen molar-refractivity contribution in [2.75, 3.05) is 0 Å². The van der Waals surface area contributed by atoms with Gasteiger partial charge in [-0.25, -0.2) is 9.59 Å². The first-order valence-corrected chi connectivity index (χ1v) is 22.4. The van der Waals surface area contributed by atoms with Crippen LogP contribution in [0.5, 0.6) is 0 Å². The van der Waals surface area contributed by atoms with Crippen molar-refractivity contribution in [3.63, 3.8) is 0 Å². The van der Waals surface area contributed by atoms with Gasteiger partial charge in [0.25, 0.3) is 11.8 Å². The monoisotopic (exact) mass is 781 g/mol. The maximum Gasteiger partial charge on any atom is 0.346 e. The number of cyclic esters (lactones) is 2. The Labute approximate surface area is 344 Å². The van der Waals surface area contributed by atoms with Gasteiger partial charge in [0.05, 0.1) is 11.1 Å². The number of ether oxygens (including phenoxy) is 1. The van der Waals surface area contributed by atoms with E-state index in [4.69, 9.17) is 4.74 Å². The van der Waals surface area contributed by atoms with Gasteiger partial charge in [0.2, 0.25) is 0 Å². The van der Waals surface area contributed by atoms with Gasteiger partial charge in [0.1, 0.15) is 0 Å². The fourth-order valence-electron chi connectivity index (χ4n) is 10.9. The van der Waals surface area contributed by atoms with E-state index in [2.05, 4.69) is 50.2 Å². The Kier molecular flexibility index (Phi) is 9.70. The Hall–Kier alpha value is -5.62. The maximum absolute atomic E-state index is 14.7. The number of carbonyl (C=O) groups excluding carboxylic acids is 4. The van der Waals surface area contributed by atoms with Gasteiger partial charge in [-0.05, 0) is 102 Å². The molecule has 0 radical (unpaired) electrons. The average Bonchev–Trinajstić information content (AvgIpc) is 3.25. The molecule has 59 heavy (non-hydrogen) atoms. The van der Waals surface area contributed by atoms with Gasteiger partial charge < -0.3 is 4.74 Å². The lowest BCUT2D eigenvalue weighted by atomic mass is 9.81. The minimum atomic E-state index is -0.615. The van der Waals surface area contributed by atoms with E-state index in [-0.39, 0.29) is 17.9 Å². The zero-order valence-corrected chi connectivity index (χ0v) is 34.3. The number of nitrogens with zero attached hydrogens (tertiary/aromatic N) is 1. The molecule has 0 saturated carbocycles. The molecule has 2 aliphatic rings. The molecule has 0 N–H and O–H groups in total. The highest BCUT2D eigenvalue weighted by Gasteiger charge is 2.38. The quantitative estimate of drug-likeness (QED) is 0.0229. The van der Waals surface area contributed by atoms with Crippen LogP contribution in [0.1, 0.15) is 158 Å². The van der Waals surface area contributed by atoms with Crippen molar-refractivity contribution in [1.29, 1.82) is 0 Å². The molecular formula is C53H51NO5. The van der Waals surface area contributed by atoms with Gasteiger partial charge in [-0.1, -0.05) is 152 Å². The largest absolute Gasteiger partial charge is 0.386 e. The van der Waals surface area contributed by atoms with E-state index in [1.165, 1.54) is 64.2 Å². The highest BCUT2D eigenvalue weighted by molar-refractivity contribution is 6.45. The van der Waals surface area contributed by atoms with Crippen molar-refractivity contribution in [3.8, 4) is 0 Å². The third-order valence-corrected chi connectivity index (χ3v) is 13.8. The topological polar surface area (TPSA) is 80.8 Å². The molecule has 2 amide bonds. The molecule has 8 aromatic rings. The molecule has 0 unspecified atom stereocenters. The summed E-state index contributed by atoms with van der Waals surface area (Å²) in [5.74, 6) is -1.54. The number of esters is 2. The fourth-order valence-corrected chi connectivity index (χ4v) is 10.9. The molecule has 0 spiro atoms. The summed E-state index contributed by atoms with van der Waals surface area (Å²) in [6, 6.07) is 24.2. The van der Waals surface area contributed by atoms with Crippen molar-refractivity contribution >= 4 is 99.2 Å². The molecular weight excluding hydrogens is 731 g/mol. The highest BCUT2D eigenvalue weighted by Crippen LogP contribution is 2.50. The van der Waals surface area contributed by atoms with Crippen LogP contribution >= 0.6 is 0 Å². The summed E-state index contributed by atoms with van der Waals surface area (Å²) in [5, 5.41) is 13.8. The number of benzene rings is 8. The number of rotatable bonds is 17. The minimum absolute atomic E-state index is 0.106. The highest BCUT2D eigenvalue weighted by atomic mass is 16.6. The van der Waals surface area contributed by atoms with E-state index >= 15 is 0 Å². The molecule has 0 bridgehead atoms. The van der Waals surface area contributed by atoms with Crippen molar-refractivity contribution in [3.05, 3.63) is 95.1 Å². The number of hydrogen-bond acceptors (Lipinski definition) is 5. The summed E-state index contributed by atoms with van der Waals surface area (Å²) in [4.78, 5) is 56.8. The van der Waals surface area contributed by atoms with Crippen molar-refractivity contribution in [1.82, 2.24) is 4.90 Å². The molecule has 0 aromatic heterocycles. The third kappa shape index (κ3) is 5.88. The summed E-state index contributed by atoms with van der Waals surface area (Å²) in [6.45, 7) is 4.49. The summed E-state index contributed by atoms with van der Waals surface area (Å²) in [6.07, 6.45) is 18.6. The van der Waals surface area contributed by atoms with Gasteiger partial charge >= 0.3 is 11.9 Å². The van der Waals surface area contributed by atoms with Crippen LogP contribution in [-0.2, 0) is 4.74 Å². The van der Waals surface area contributed by atoms with Crippen molar-refractivity contribution in [2.24, 2.45) is 0 Å². The second kappa shape index (κ2) is 15.2. The first kappa shape index (κ1) is 37.6. The van der Waals surface area contributed by atoms with Gasteiger partial charge in [-0.2, -0.15) is 0 Å². The Morgan fingerprint density at radius 1 is 0.373 bits per heavy atom. The summed E-state index contributed by atoms with van der Waals surface area (Å²) in [7, 11) is 0. The molecule has 6 nitrogen and oxygen atoms in total. The Morgan fingerprint density at radius 3 is 1.03 bits per heavy atom. The van der Waals surface area contributed by atoms with Gasteiger partial charge in [0, 0.05) is 27.9 Å². The zero-order valence-electron chi connectivity index (χ0n) is 34.3. The molecule has 0 aliphatic carbocycles. The lowest BCUT2D eigenvalue weighted by Gasteiger charge is -2.35. The minimum Gasteiger partial charge on any atom is -0.386 e. The summed E-state index contributed by atoms with van der Waals surface area (Å²) in [5.41, 5.74) is 2.07. The lowest BCUT2D eigenvalue weighted by Crippen LogP contribution is -2.47. The van der Waals surface area contributed by atoms with E-state index in [1.54, 1.807) is 17.0 Å². The van der Waals surface area contributed by atoms with Crippen molar-refractivity contribution < 1.29 is 23.9 Å².